The Hall–Kier alpha value is -0.400. The van der Waals surface area contributed by atoms with Crippen molar-refractivity contribution in [3.63, 3.8) is 0 Å². The predicted octanol–water partition coefficient (Wildman–Crippen LogP) is 4.09. The lowest BCUT2D eigenvalue weighted by atomic mass is 9.89. The molecule has 0 fully saturated rings. The molecule has 0 N–H and O–H groups in total. The number of hydrogen-bond acceptors (Lipinski definition) is 3. The summed E-state index contributed by atoms with van der Waals surface area (Å²) in [6, 6.07) is 0. The summed E-state index contributed by atoms with van der Waals surface area (Å²) < 4.78 is 2.41. The lowest BCUT2D eigenvalue weighted by molar-refractivity contribution is 0.554. The Balaban J connectivity index is 2.66. The van der Waals surface area contributed by atoms with Crippen molar-refractivity contribution in [1.29, 1.82) is 0 Å². The van der Waals surface area contributed by atoms with Crippen molar-refractivity contribution in [2.75, 3.05) is 0 Å². The molecule has 0 amide bonds. The van der Waals surface area contributed by atoms with Crippen molar-refractivity contribution in [2.45, 2.75) is 26.2 Å². The third-order valence-corrected chi connectivity index (χ3v) is 4.76. The van der Waals surface area contributed by atoms with Gasteiger partial charge in [-0.3, -0.25) is 4.68 Å². The largest absolute Gasteiger partial charge is 0.275 e. The van der Waals surface area contributed by atoms with Crippen molar-refractivity contribution in [1.82, 2.24) is 19.7 Å². The third-order valence-electron chi connectivity index (χ3n) is 2.55. The van der Waals surface area contributed by atoms with Gasteiger partial charge in [-0.15, -0.1) is 0 Å². The van der Waals surface area contributed by atoms with Crippen LogP contribution in [-0.2, 0) is 12.5 Å². The minimum atomic E-state index is -0.109. The second-order valence-electron chi connectivity index (χ2n) is 5.26. The van der Waals surface area contributed by atoms with Crippen LogP contribution < -0.4 is 0 Å². The normalized spacial score (nSPS) is 11.9. The van der Waals surface area contributed by atoms with E-state index in [4.69, 9.17) is 23.2 Å². The maximum Gasteiger partial charge on any atom is 0.166 e. The van der Waals surface area contributed by atoms with Crippen LogP contribution in [0.4, 0.5) is 0 Å². The minimum Gasteiger partial charge on any atom is -0.275 e. The predicted molar refractivity (Wildman–Crippen MR) is 85.7 cm³/mol. The van der Waals surface area contributed by atoms with Crippen molar-refractivity contribution in [3.8, 4) is 11.4 Å². The number of hydrogen-bond donors (Lipinski definition) is 0. The first-order valence-corrected chi connectivity index (χ1v) is 7.46. The Morgan fingerprint density at radius 3 is 2.16 bits per heavy atom. The second-order valence-corrected chi connectivity index (χ2v) is 7.05. The van der Waals surface area contributed by atoms with Gasteiger partial charge in [-0.1, -0.05) is 44.0 Å². The van der Waals surface area contributed by atoms with E-state index in [1.807, 2.05) is 35.8 Å². The molecule has 0 spiro atoms. The fraction of sp³-hybridized carbons (Fsp3) is 0.417. The minimum absolute atomic E-state index is 0.109. The lowest BCUT2D eigenvalue weighted by Gasteiger charge is -2.17. The van der Waals surface area contributed by atoms with E-state index in [0.717, 1.165) is 11.3 Å². The zero-order valence-electron chi connectivity index (χ0n) is 11.0. The van der Waals surface area contributed by atoms with E-state index in [9.17, 15) is 0 Å². The summed E-state index contributed by atoms with van der Waals surface area (Å²) >= 11 is 14.2. The number of nitrogens with zero attached hydrogens (tertiary/aromatic N) is 4. The molecule has 0 saturated heterocycles. The van der Waals surface area contributed by atoms with Gasteiger partial charge in [0.25, 0.3) is 0 Å². The lowest BCUT2D eigenvalue weighted by Crippen LogP contribution is -2.14. The molecule has 0 aliphatic rings. The molecule has 0 aliphatic heterocycles. The zero-order chi connectivity index (χ0) is 14.4. The van der Waals surface area contributed by atoms with E-state index in [-0.39, 0.29) is 5.41 Å². The first-order chi connectivity index (χ1) is 8.70. The Morgan fingerprint density at radius 1 is 1.16 bits per heavy atom. The van der Waals surface area contributed by atoms with Crippen LogP contribution in [0.15, 0.2) is 6.20 Å². The molecule has 0 aliphatic carbocycles. The molecule has 0 atom stereocenters. The molecular weight excluding hydrogens is 398 g/mol. The number of aromatic nitrogens is 4. The highest BCUT2D eigenvalue weighted by Gasteiger charge is 2.25. The summed E-state index contributed by atoms with van der Waals surface area (Å²) in [5.41, 5.74) is 1.67. The van der Waals surface area contributed by atoms with Crippen LogP contribution in [0.3, 0.4) is 0 Å². The molecule has 19 heavy (non-hydrogen) atoms. The summed E-state index contributed by atoms with van der Waals surface area (Å²) in [7, 11) is 1.87. The summed E-state index contributed by atoms with van der Waals surface area (Å²) in [5.74, 6) is 0.508. The highest BCUT2D eigenvalue weighted by Crippen LogP contribution is 2.32. The number of halogens is 3. The molecule has 0 aromatic carbocycles. The van der Waals surface area contributed by atoms with Crippen LogP contribution in [0.25, 0.3) is 11.4 Å². The molecule has 2 heterocycles. The van der Waals surface area contributed by atoms with E-state index in [1.165, 1.54) is 0 Å². The maximum absolute atomic E-state index is 6.07. The van der Waals surface area contributed by atoms with Gasteiger partial charge < -0.3 is 0 Å². The SMILES string of the molecule is Cn1cc(-c2nc(Cl)c(I)c(Cl)n2)c(C(C)(C)C)n1. The summed E-state index contributed by atoms with van der Waals surface area (Å²) in [4.78, 5) is 8.60. The summed E-state index contributed by atoms with van der Waals surface area (Å²) in [6.45, 7) is 6.28. The van der Waals surface area contributed by atoms with Gasteiger partial charge in [0.2, 0.25) is 0 Å². The standard InChI is InChI=1S/C12H13Cl2IN4/c1-12(2,3)8-6(5-19(4)18-8)11-16-9(13)7(15)10(14)17-11/h5H,1-4H3. The Morgan fingerprint density at radius 2 is 1.68 bits per heavy atom. The smallest absolute Gasteiger partial charge is 0.166 e. The molecule has 4 nitrogen and oxygen atoms in total. The molecule has 0 bridgehead atoms. The van der Waals surface area contributed by atoms with Gasteiger partial charge in [-0.2, -0.15) is 5.10 Å². The van der Waals surface area contributed by atoms with Crippen LogP contribution in [0.1, 0.15) is 26.5 Å². The first kappa shape index (κ1) is 15.0. The Bertz CT molecular complexity index is 608. The quantitative estimate of drug-likeness (QED) is 0.525. The van der Waals surface area contributed by atoms with E-state index < -0.39 is 0 Å². The average Bonchev–Trinajstić information content (AvgIpc) is 2.67. The van der Waals surface area contributed by atoms with E-state index >= 15 is 0 Å². The van der Waals surface area contributed by atoms with E-state index in [2.05, 4.69) is 35.8 Å². The van der Waals surface area contributed by atoms with Crippen LogP contribution in [0, 0.1) is 3.57 Å². The van der Waals surface area contributed by atoms with Crippen molar-refractivity contribution >= 4 is 45.8 Å². The van der Waals surface area contributed by atoms with Gasteiger partial charge in [-0.05, 0) is 22.6 Å². The maximum atomic E-state index is 6.07. The number of aryl methyl sites for hydroxylation is 1. The fourth-order valence-corrected chi connectivity index (χ4v) is 2.35. The zero-order valence-corrected chi connectivity index (χ0v) is 14.7. The van der Waals surface area contributed by atoms with E-state index in [0.29, 0.717) is 19.7 Å². The van der Waals surface area contributed by atoms with Gasteiger partial charge >= 0.3 is 0 Å². The first-order valence-electron chi connectivity index (χ1n) is 5.63. The molecule has 0 radical (unpaired) electrons. The average molecular weight is 411 g/mol. The van der Waals surface area contributed by atoms with Crippen molar-refractivity contribution in [2.24, 2.45) is 7.05 Å². The highest BCUT2D eigenvalue weighted by atomic mass is 127. The van der Waals surface area contributed by atoms with Crippen molar-refractivity contribution < 1.29 is 0 Å². The highest BCUT2D eigenvalue weighted by molar-refractivity contribution is 14.1. The van der Waals surface area contributed by atoms with Gasteiger partial charge in [0.05, 0.1) is 14.8 Å². The molecule has 102 valence electrons. The van der Waals surface area contributed by atoms with Crippen molar-refractivity contribution in [3.05, 3.63) is 25.8 Å². The Labute approximate surface area is 135 Å². The van der Waals surface area contributed by atoms with Gasteiger partial charge in [0, 0.05) is 18.7 Å². The van der Waals surface area contributed by atoms with Gasteiger partial charge in [0.15, 0.2) is 5.82 Å². The molecular formula is C12H13Cl2IN4. The van der Waals surface area contributed by atoms with E-state index in [1.54, 1.807) is 4.68 Å². The number of rotatable bonds is 1. The fourth-order valence-electron chi connectivity index (χ4n) is 1.72. The topological polar surface area (TPSA) is 43.6 Å². The molecule has 7 heteroatoms. The van der Waals surface area contributed by atoms with Crippen LogP contribution >= 0.6 is 45.8 Å². The third kappa shape index (κ3) is 3.03. The van der Waals surface area contributed by atoms with Gasteiger partial charge in [-0.25, -0.2) is 9.97 Å². The molecule has 2 rings (SSSR count). The van der Waals surface area contributed by atoms with Crippen LogP contribution in [0.2, 0.25) is 10.3 Å². The summed E-state index contributed by atoms with van der Waals surface area (Å²) in [6.07, 6.45) is 1.88. The molecule has 2 aromatic heterocycles. The monoisotopic (exact) mass is 410 g/mol. The molecule has 0 unspecified atom stereocenters. The second kappa shape index (κ2) is 5.18. The molecule has 2 aromatic rings. The summed E-state index contributed by atoms with van der Waals surface area (Å²) in [5, 5.41) is 5.21. The van der Waals surface area contributed by atoms with Crippen LogP contribution in [-0.4, -0.2) is 19.7 Å². The Kier molecular flexibility index (Phi) is 4.09. The van der Waals surface area contributed by atoms with Crippen LogP contribution in [0.5, 0.6) is 0 Å². The molecule has 0 saturated carbocycles. The van der Waals surface area contributed by atoms with Gasteiger partial charge in [0.1, 0.15) is 10.3 Å².